The Morgan fingerprint density at radius 1 is 1.29 bits per heavy atom. The molecule has 0 rings (SSSR count). The summed E-state index contributed by atoms with van der Waals surface area (Å²) in [6.45, 7) is 3.49. The molecule has 0 aromatic rings. The summed E-state index contributed by atoms with van der Waals surface area (Å²) in [6, 6.07) is -1.14. The van der Waals surface area contributed by atoms with E-state index < -0.39 is 12.1 Å². The largest absolute Gasteiger partial charge is 0.345 e. The van der Waals surface area contributed by atoms with E-state index in [2.05, 4.69) is 10.6 Å². The Morgan fingerprint density at radius 3 is 2.41 bits per heavy atom. The number of carbonyl (C=O) groups excluding carboxylic acids is 3. The van der Waals surface area contributed by atoms with Crippen molar-refractivity contribution in [3.05, 3.63) is 0 Å². The van der Waals surface area contributed by atoms with Crippen molar-refractivity contribution in [1.82, 2.24) is 10.6 Å². The van der Waals surface area contributed by atoms with Crippen LogP contribution in [0.4, 0.5) is 0 Å². The van der Waals surface area contributed by atoms with E-state index in [0.29, 0.717) is 19.3 Å². The normalized spacial score (nSPS) is 13.6. The Hall–Kier alpha value is -1.43. The van der Waals surface area contributed by atoms with Gasteiger partial charge in [0.1, 0.15) is 12.3 Å². The molecule has 0 aliphatic heterocycles. The predicted octanol–water partition coefficient (Wildman–Crippen LogP) is -0.676. The fourth-order valence-corrected chi connectivity index (χ4v) is 1.37. The fourth-order valence-electron chi connectivity index (χ4n) is 1.37. The molecule has 4 N–H and O–H groups in total. The van der Waals surface area contributed by atoms with Crippen molar-refractivity contribution in [3.8, 4) is 0 Å². The molecule has 2 atom stereocenters. The Bertz CT molecular complexity index is 269. The van der Waals surface area contributed by atoms with E-state index in [1.54, 1.807) is 6.92 Å². The molecular weight excluding hydrogens is 222 g/mol. The lowest BCUT2D eigenvalue weighted by Crippen LogP contribution is -2.48. The Labute approximate surface area is 101 Å². The van der Waals surface area contributed by atoms with Gasteiger partial charge in [-0.3, -0.25) is 9.59 Å². The lowest BCUT2D eigenvalue weighted by atomic mass is 10.1. The molecule has 0 saturated carbocycles. The first kappa shape index (κ1) is 15.6. The van der Waals surface area contributed by atoms with Gasteiger partial charge in [-0.25, -0.2) is 0 Å². The van der Waals surface area contributed by atoms with Crippen LogP contribution >= 0.6 is 0 Å². The second kappa shape index (κ2) is 8.69. The minimum absolute atomic E-state index is 0.267. The van der Waals surface area contributed by atoms with Crippen LogP contribution in [0.3, 0.4) is 0 Å². The van der Waals surface area contributed by atoms with Gasteiger partial charge in [0, 0.05) is 6.92 Å². The molecule has 6 heteroatoms. The summed E-state index contributed by atoms with van der Waals surface area (Å²) in [6.07, 6.45) is 2.72. The van der Waals surface area contributed by atoms with Gasteiger partial charge in [0.25, 0.3) is 0 Å². The van der Waals surface area contributed by atoms with Crippen molar-refractivity contribution >= 4 is 18.1 Å². The van der Waals surface area contributed by atoms with Crippen LogP contribution < -0.4 is 16.4 Å². The van der Waals surface area contributed by atoms with Gasteiger partial charge in [-0.2, -0.15) is 0 Å². The SMILES string of the molecule is CC(=O)NC(CCCCN)C(=O)NC(C)C=O. The second-order valence-corrected chi connectivity index (χ2v) is 3.97. The monoisotopic (exact) mass is 243 g/mol. The Morgan fingerprint density at radius 2 is 1.94 bits per heavy atom. The number of hydrogen-bond donors (Lipinski definition) is 3. The molecule has 0 heterocycles. The highest BCUT2D eigenvalue weighted by molar-refractivity contribution is 5.88. The molecule has 2 unspecified atom stereocenters. The quantitative estimate of drug-likeness (QED) is 0.388. The molecule has 6 nitrogen and oxygen atoms in total. The van der Waals surface area contributed by atoms with Crippen molar-refractivity contribution in [2.45, 2.75) is 45.2 Å². The summed E-state index contributed by atoms with van der Waals surface area (Å²) in [4.78, 5) is 33.1. The number of rotatable bonds is 8. The van der Waals surface area contributed by atoms with Gasteiger partial charge in [0.15, 0.2) is 0 Å². The number of amides is 2. The summed E-state index contributed by atoms with van der Waals surface area (Å²) in [5.74, 6) is -0.603. The van der Waals surface area contributed by atoms with Gasteiger partial charge in [-0.1, -0.05) is 0 Å². The van der Waals surface area contributed by atoms with Crippen molar-refractivity contribution in [1.29, 1.82) is 0 Å². The lowest BCUT2D eigenvalue weighted by molar-refractivity contribution is -0.129. The average Bonchev–Trinajstić information content (AvgIpc) is 2.27. The first-order valence-corrected chi connectivity index (χ1v) is 5.74. The number of unbranched alkanes of at least 4 members (excludes halogenated alkanes) is 1. The van der Waals surface area contributed by atoms with Crippen LogP contribution in [0.2, 0.25) is 0 Å². The molecule has 0 aliphatic carbocycles. The molecule has 0 radical (unpaired) electrons. The maximum Gasteiger partial charge on any atom is 0.243 e. The van der Waals surface area contributed by atoms with Crippen LogP contribution in [0.15, 0.2) is 0 Å². The minimum Gasteiger partial charge on any atom is -0.345 e. The fraction of sp³-hybridized carbons (Fsp3) is 0.727. The average molecular weight is 243 g/mol. The maximum absolute atomic E-state index is 11.7. The zero-order valence-corrected chi connectivity index (χ0v) is 10.4. The number of carbonyl (C=O) groups is 3. The zero-order valence-electron chi connectivity index (χ0n) is 10.4. The molecule has 0 aliphatic rings. The summed E-state index contributed by atoms with van der Waals surface area (Å²) in [7, 11) is 0. The number of aldehydes is 1. The topological polar surface area (TPSA) is 101 Å². The molecule has 0 saturated heterocycles. The Balaban J connectivity index is 4.28. The minimum atomic E-state index is -0.596. The van der Waals surface area contributed by atoms with Gasteiger partial charge >= 0.3 is 0 Å². The van der Waals surface area contributed by atoms with Crippen LogP contribution in [0.25, 0.3) is 0 Å². The molecule has 0 aromatic heterocycles. The van der Waals surface area contributed by atoms with Crippen LogP contribution in [-0.4, -0.2) is 36.7 Å². The third-order valence-corrected chi connectivity index (χ3v) is 2.21. The molecular formula is C11H21N3O3. The van der Waals surface area contributed by atoms with E-state index >= 15 is 0 Å². The second-order valence-electron chi connectivity index (χ2n) is 3.97. The highest BCUT2D eigenvalue weighted by atomic mass is 16.2. The van der Waals surface area contributed by atoms with E-state index in [4.69, 9.17) is 5.73 Å². The number of nitrogens with one attached hydrogen (secondary N) is 2. The maximum atomic E-state index is 11.7. The van der Waals surface area contributed by atoms with E-state index in [9.17, 15) is 14.4 Å². The molecule has 98 valence electrons. The van der Waals surface area contributed by atoms with Crippen molar-refractivity contribution in [2.24, 2.45) is 5.73 Å². The summed E-state index contributed by atoms with van der Waals surface area (Å²) in [5, 5.41) is 5.07. The Kier molecular flexibility index (Phi) is 7.96. The molecule has 0 fully saturated rings. The highest BCUT2D eigenvalue weighted by Gasteiger charge is 2.19. The van der Waals surface area contributed by atoms with E-state index in [1.807, 2.05) is 0 Å². The zero-order chi connectivity index (χ0) is 13.3. The van der Waals surface area contributed by atoms with Gasteiger partial charge in [0.2, 0.25) is 11.8 Å². The van der Waals surface area contributed by atoms with Crippen LogP contribution in [-0.2, 0) is 14.4 Å². The number of hydrogen-bond acceptors (Lipinski definition) is 4. The number of nitrogens with two attached hydrogens (primary N) is 1. The van der Waals surface area contributed by atoms with Crippen LogP contribution in [0.1, 0.15) is 33.1 Å². The van der Waals surface area contributed by atoms with Crippen molar-refractivity contribution < 1.29 is 14.4 Å². The van der Waals surface area contributed by atoms with E-state index in [0.717, 1.165) is 12.8 Å². The molecule has 2 amide bonds. The van der Waals surface area contributed by atoms with E-state index in [1.165, 1.54) is 6.92 Å². The highest BCUT2D eigenvalue weighted by Crippen LogP contribution is 2.01. The molecule has 0 bridgehead atoms. The van der Waals surface area contributed by atoms with Crippen molar-refractivity contribution in [3.63, 3.8) is 0 Å². The lowest BCUT2D eigenvalue weighted by Gasteiger charge is -2.18. The first-order chi connectivity index (χ1) is 8.01. The summed E-state index contributed by atoms with van der Waals surface area (Å²) < 4.78 is 0. The van der Waals surface area contributed by atoms with E-state index in [-0.39, 0.29) is 11.8 Å². The molecule has 17 heavy (non-hydrogen) atoms. The van der Waals surface area contributed by atoms with Gasteiger partial charge in [-0.05, 0) is 32.7 Å². The predicted molar refractivity (Wildman–Crippen MR) is 64.2 cm³/mol. The molecule has 0 aromatic carbocycles. The third kappa shape index (κ3) is 7.46. The first-order valence-electron chi connectivity index (χ1n) is 5.74. The van der Waals surface area contributed by atoms with Gasteiger partial charge in [0.05, 0.1) is 6.04 Å². The van der Waals surface area contributed by atoms with Gasteiger partial charge in [-0.15, -0.1) is 0 Å². The summed E-state index contributed by atoms with van der Waals surface area (Å²) >= 11 is 0. The molecule has 0 spiro atoms. The van der Waals surface area contributed by atoms with Gasteiger partial charge < -0.3 is 21.2 Å². The smallest absolute Gasteiger partial charge is 0.243 e. The van der Waals surface area contributed by atoms with Crippen LogP contribution in [0, 0.1) is 0 Å². The van der Waals surface area contributed by atoms with Crippen molar-refractivity contribution in [2.75, 3.05) is 6.54 Å². The van der Waals surface area contributed by atoms with Crippen LogP contribution in [0.5, 0.6) is 0 Å². The third-order valence-electron chi connectivity index (χ3n) is 2.21. The standard InChI is InChI=1S/C11H21N3O3/c1-8(7-15)13-11(17)10(14-9(2)16)5-3-4-6-12/h7-8,10H,3-6,12H2,1-2H3,(H,13,17)(H,14,16). The summed E-state index contributed by atoms with van der Waals surface area (Å²) in [5.41, 5.74) is 5.36.